The molecule has 1 saturated heterocycles. The Morgan fingerprint density at radius 2 is 1.70 bits per heavy atom. The Hall–Kier alpha value is -4.70. The third-order valence-electron chi connectivity index (χ3n) is 13.0. The van der Waals surface area contributed by atoms with E-state index in [1.807, 2.05) is 0 Å². The number of nitrogens with one attached hydrogen (secondary N) is 3. The van der Waals surface area contributed by atoms with Crippen molar-refractivity contribution < 1.29 is 65.5 Å². The van der Waals surface area contributed by atoms with E-state index in [1.54, 1.807) is 4.57 Å². The number of aryl methyl sites for hydroxylation is 1. The van der Waals surface area contributed by atoms with E-state index in [2.05, 4.69) is 101 Å². The van der Waals surface area contributed by atoms with Crippen LogP contribution in [0.2, 0.25) is 0 Å². The van der Waals surface area contributed by atoms with E-state index in [4.69, 9.17) is 28.8 Å². The van der Waals surface area contributed by atoms with Crippen LogP contribution < -0.4 is 40.9 Å². The summed E-state index contributed by atoms with van der Waals surface area (Å²) < 4.78 is 63.1. The van der Waals surface area contributed by atoms with Crippen LogP contribution in [0.25, 0.3) is 11.2 Å². The van der Waals surface area contributed by atoms with Crippen molar-refractivity contribution in [3.8, 4) is 11.5 Å². The summed E-state index contributed by atoms with van der Waals surface area (Å²) >= 11 is 0. The summed E-state index contributed by atoms with van der Waals surface area (Å²) in [6, 6.07) is 8.22. The maximum atomic E-state index is 12.8. The summed E-state index contributed by atoms with van der Waals surface area (Å²) in [6.07, 6.45) is 9.39. The van der Waals surface area contributed by atoms with E-state index in [0.29, 0.717) is 43.9 Å². The van der Waals surface area contributed by atoms with E-state index < -0.39 is 48.4 Å². The summed E-state index contributed by atoms with van der Waals surface area (Å²) in [6.45, 7) is 12.1. The number of hydrogen-bond acceptors (Lipinski definition) is 15. The predicted molar refractivity (Wildman–Crippen MR) is 259 cm³/mol. The Morgan fingerprint density at radius 1 is 0.930 bits per heavy atom. The molecule has 24 nitrogen and oxygen atoms in total. The van der Waals surface area contributed by atoms with Crippen LogP contribution in [-0.2, 0) is 42.8 Å². The lowest BCUT2D eigenvalue weighted by Gasteiger charge is -2.47. The second kappa shape index (κ2) is 21.8. The summed E-state index contributed by atoms with van der Waals surface area (Å²) in [5.74, 6) is 2.17. The number of phosphoric ester groups is 1. The first-order chi connectivity index (χ1) is 33.7. The van der Waals surface area contributed by atoms with Gasteiger partial charge in [0.15, 0.2) is 28.5 Å². The van der Waals surface area contributed by atoms with Crippen molar-refractivity contribution >= 4 is 63.8 Å². The maximum absolute atomic E-state index is 12.8. The second-order valence-electron chi connectivity index (χ2n) is 18.8. The SMILES string of the molecule is CCN1c2cc3c(cc2C(C)CC1(C)C)N=c1cc2c(cc1O3)=[N+](CCCC(=O)NCCCCCCNC(=O)Nc1ncnc3c1ncn3[C@H]1CC[C@@H](COP(=O)(O)OP(=O)(O)OP(=O)(O)O)O1)CCC2. The smallest absolute Gasteiger partial charge is 0.452 e. The highest BCUT2D eigenvalue weighted by atomic mass is 31.3. The summed E-state index contributed by atoms with van der Waals surface area (Å²) in [4.78, 5) is 82.4. The predicted octanol–water partition coefficient (Wildman–Crippen LogP) is 5.73. The number of carbonyl (C=O) groups is 2. The summed E-state index contributed by atoms with van der Waals surface area (Å²) in [7, 11) is -16.5. The minimum atomic E-state index is -5.65. The van der Waals surface area contributed by atoms with Crippen molar-refractivity contribution in [1.82, 2.24) is 34.7 Å². The van der Waals surface area contributed by atoms with Crippen molar-refractivity contribution in [2.75, 3.05) is 49.5 Å². The molecule has 3 unspecified atom stereocenters. The largest absolute Gasteiger partial charge is 0.490 e. The Morgan fingerprint density at radius 3 is 2.46 bits per heavy atom. The number of anilines is 2. The van der Waals surface area contributed by atoms with Crippen LogP contribution in [-0.4, -0.2) is 102 Å². The number of aromatic nitrogens is 4. The zero-order valence-corrected chi connectivity index (χ0v) is 42.7. The number of hydrogen-bond donors (Lipinski definition) is 7. The molecule has 2 aromatic carbocycles. The summed E-state index contributed by atoms with van der Waals surface area (Å²) in [5, 5.41) is 10.6. The standard InChI is InChI=1S/C44H61N10O14P3/c1-5-54-35-23-37-33(21-31(35)28(2)24-44(54,3)4)50-32-20-29-12-10-18-52(34(29)22-36(32)66-37)19-11-13-38(55)45-16-8-6-7-9-17-46-43(56)51-41-40-42(48-26-47-41)53(27-49-40)39-15-14-30(65-39)25-64-70(60,61)68-71(62,63)67-69(57,58)59/h20-23,26-28,30,39H,5-19,24-25H2,1-4H3,(H6-,45,46,47,48,51,55,56,57,58,59,60,61,62,63)/p+1/t28?,30-,39+/m0/s1. The molecular formula is C44H62N10O14P3+. The minimum absolute atomic E-state index is 0.0306. The molecule has 0 spiro atoms. The third-order valence-corrected chi connectivity index (χ3v) is 16.8. The van der Waals surface area contributed by atoms with Gasteiger partial charge in [-0.2, -0.15) is 8.62 Å². The van der Waals surface area contributed by atoms with Crippen molar-refractivity contribution in [2.45, 2.75) is 122 Å². The van der Waals surface area contributed by atoms with Crippen molar-refractivity contribution in [3.63, 3.8) is 0 Å². The number of fused-ring (bicyclic) bond motifs is 5. The molecule has 3 amide bonds. The molecule has 71 heavy (non-hydrogen) atoms. The van der Waals surface area contributed by atoms with Gasteiger partial charge in [-0.05, 0) is 82.9 Å². The average Bonchev–Trinajstić information content (AvgIpc) is 3.94. The lowest BCUT2D eigenvalue weighted by atomic mass is 9.80. The number of ether oxygens (including phenoxy) is 2. The fourth-order valence-electron chi connectivity index (χ4n) is 9.94. The van der Waals surface area contributed by atoms with Gasteiger partial charge in [-0.1, -0.05) is 19.8 Å². The quantitative estimate of drug-likeness (QED) is 0.0262. The van der Waals surface area contributed by atoms with E-state index in [0.717, 1.165) is 98.9 Å². The average molecular weight is 1050 g/mol. The normalized spacial score (nSPS) is 20.9. The molecule has 0 saturated carbocycles. The van der Waals surface area contributed by atoms with Crippen LogP contribution in [0.1, 0.15) is 115 Å². The Labute approximate surface area is 409 Å². The lowest BCUT2D eigenvalue weighted by Crippen LogP contribution is -2.48. The molecule has 6 heterocycles. The number of benzene rings is 2. The number of imidazole rings is 1. The van der Waals surface area contributed by atoms with E-state index in [-0.39, 0.29) is 22.8 Å². The molecule has 7 N–H and O–H groups in total. The Balaban J connectivity index is 0.724. The molecule has 386 valence electrons. The molecule has 8 rings (SSSR count). The highest BCUT2D eigenvalue weighted by Gasteiger charge is 2.42. The molecule has 2 aromatic heterocycles. The minimum Gasteiger partial charge on any atom is -0.452 e. The molecule has 27 heteroatoms. The van der Waals surface area contributed by atoms with Crippen LogP contribution in [0, 0.1) is 0 Å². The highest BCUT2D eigenvalue weighted by molar-refractivity contribution is 7.66. The van der Waals surface area contributed by atoms with Crippen LogP contribution in [0.15, 0.2) is 41.9 Å². The second-order valence-corrected chi connectivity index (χ2v) is 23.2. The molecular weight excluding hydrogens is 985 g/mol. The molecule has 4 aliphatic rings. The van der Waals surface area contributed by atoms with Gasteiger partial charge in [-0.3, -0.25) is 19.2 Å². The molecule has 0 aliphatic carbocycles. The number of nitrogens with zero attached hydrogens (tertiary/aromatic N) is 7. The van der Waals surface area contributed by atoms with Crippen molar-refractivity contribution in [1.29, 1.82) is 0 Å². The summed E-state index contributed by atoms with van der Waals surface area (Å²) in [5.41, 5.74) is 5.35. The fraction of sp³-hybridized carbons (Fsp3) is 0.568. The van der Waals surface area contributed by atoms with Gasteiger partial charge >= 0.3 is 29.5 Å². The first-order valence-corrected chi connectivity index (χ1v) is 28.4. The maximum Gasteiger partial charge on any atom is 0.490 e. The zero-order valence-electron chi connectivity index (χ0n) is 40.1. The van der Waals surface area contributed by atoms with E-state index in [1.165, 1.54) is 29.5 Å². The van der Waals surface area contributed by atoms with Gasteiger partial charge in [0, 0.05) is 61.8 Å². The lowest BCUT2D eigenvalue weighted by molar-refractivity contribution is -0.121. The number of unbranched alkanes of at least 4 members (excludes halogenated alkanes) is 3. The molecule has 4 aromatic rings. The Bertz CT molecular complexity index is 2930. The van der Waals surface area contributed by atoms with Gasteiger partial charge in [0.25, 0.3) is 0 Å². The van der Waals surface area contributed by atoms with Crippen LogP contribution in [0.5, 0.6) is 11.5 Å². The number of phosphoric acid groups is 3. The van der Waals surface area contributed by atoms with Gasteiger partial charge in [0.1, 0.15) is 36.7 Å². The molecule has 5 atom stereocenters. The van der Waals surface area contributed by atoms with Crippen LogP contribution in [0.3, 0.4) is 0 Å². The Kier molecular flexibility index (Phi) is 16.2. The monoisotopic (exact) mass is 1050 g/mol. The van der Waals surface area contributed by atoms with E-state index in [9.17, 15) is 33.1 Å². The van der Waals surface area contributed by atoms with Gasteiger partial charge < -0.3 is 44.6 Å². The van der Waals surface area contributed by atoms with E-state index >= 15 is 0 Å². The number of carbonyl (C=O) groups excluding carboxylic acids is 2. The number of rotatable bonds is 21. The molecule has 0 bridgehead atoms. The molecule has 4 aliphatic heterocycles. The van der Waals surface area contributed by atoms with Crippen molar-refractivity contribution in [2.24, 2.45) is 4.99 Å². The van der Waals surface area contributed by atoms with Gasteiger partial charge in [-0.25, -0.2) is 43.0 Å². The third kappa shape index (κ3) is 13.1. The number of amides is 3. The van der Waals surface area contributed by atoms with Crippen LogP contribution >= 0.6 is 23.5 Å². The first-order valence-electron chi connectivity index (χ1n) is 23.9. The molecule has 1 fully saturated rings. The van der Waals surface area contributed by atoms with Gasteiger partial charge in [-0.15, -0.1) is 0 Å². The topological polar surface area (TPSA) is 311 Å². The highest BCUT2D eigenvalue weighted by Crippen LogP contribution is 2.66. The van der Waals surface area contributed by atoms with Crippen LogP contribution in [0.4, 0.5) is 22.0 Å². The van der Waals surface area contributed by atoms with Gasteiger partial charge in [0.05, 0.1) is 25.1 Å². The first kappa shape index (κ1) is 52.6. The van der Waals surface area contributed by atoms with Gasteiger partial charge in [0.2, 0.25) is 11.3 Å². The number of urea groups is 1. The zero-order chi connectivity index (χ0) is 50.7. The molecule has 0 radical (unpaired) electrons. The van der Waals surface area contributed by atoms with Crippen molar-refractivity contribution in [3.05, 3.63) is 58.8 Å². The fourth-order valence-corrected chi connectivity index (χ4v) is 13.0.